The molecule has 0 aromatic rings. The Morgan fingerprint density at radius 2 is 1.39 bits per heavy atom. The van der Waals surface area contributed by atoms with Gasteiger partial charge in [0.2, 0.25) is 17.7 Å². The maximum atomic E-state index is 12.8. The Morgan fingerprint density at radius 1 is 0.871 bits per heavy atom. The molecule has 8 N–H and O–H groups in total. The fourth-order valence-electron chi connectivity index (χ4n) is 2.76. The van der Waals surface area contributed by atoms with Crippen LogP contribution < -0.4 is 27.4 Å². The van der Waals surface area contributed by atoms with Crippen LogP contribution in [0.25, 0.3) is 0 Å². The van der Waals surface area contributed by atoms with Gasteiger partial charge in [0.05, 0.1) is 6.04 Å². The fraction of sp³-hybridized carbons (Fsp3) is 0.800. The third kappa shape index (κ3) is 11.4. The number of nitrogens with one attached hydrogen (secondary N) is 3. The number of unbranched alkanes of at least 4 members (excludes halogenated alkanes) is 1. The van der Waals surface area contributed by atoms with Gasteiger partial charge in [0.1, 0.15) is 18.1 Å². The summed E-state index contributed by atoms with van der Waals surface area (Å²) >= 11 is 4.11. The van der Waals surface area contributed by atoms with Crippen LogP contribution in [0.2, 0.25) is 0 Å². The first kappa shape index (κ1) is 29.1. The van der Waals surface area contributed by atoms with Crippen LogP contribution in [0.5, 0.6) is 0 Å². The van der Waals surface area contributed by atoms with Crippen molar-refractivity contribution in [3.05, 3.63) is 0 Å². The highest BCUT2D eigenvalue weighted by atomic mass is 32.1. The zero-order valence-corrected chi connectivity index (χ0v) is 19.8. The maximum Gasteiger partial charge on any atom is 0.326 e. The highest BCUT2D eigenvalue weighted by molar-refractivity contribution is 7.80. The molecule has 0 bridgehead atoms. The lowest BCUT2D eigenvalue weighted by atomic mass is 10.0. The smallest absolute Gasteiger partial charge is 0.326 e. The Labute approximate surface area is 190 Å². The first-order chi connectivity index (χ1) is 14.4. The molecule has 0 fully saturated rings. The first-order valence-corrected chi connectivity index (χ1v) is 11.3. The van der Waals surface area contributed by atoms with E-state index in [9.17, 15) is 24.3 Å². The number of aliphatic carboxylic acids is 1. The molecule has 0 radical (unpaired) electrons. The van der Waals surface area contributed by atoms with E-state index in [4.69, 9.17) is 11.5 Å². The zero-order valence-electron chi connectivity index (χ0n) is 18.9. The van der Waals surface area contributed by atoms with Crippen LogP contribution in [0.4, 0.5) is 0 Å². The molecule has 180 valence electrons. The van der Waals surface area contributed by atoms with Crippen molar-refractivity contribution < 1.29 is 24.3 Å². The van der Waals surface area contributed by atoms with Crippen molar-refractivity contribution in [3.8, 4) is 0 Å². The number of hydrogen-bond donors (Lipinski definition) is 7. The lowest BCUT2D eigenvalue weighted by Crippen LogP contribution is -2.58. The molecule has 11 heteroatoms. The number of carbonyl (C=O) groups excluding carboxylic acids is 3. The van der Waals surface area contributed by atoms with Crippen molar-refractivity contribution in [2.45, 2.75) is 77.5 Å². The lowest BCUT2D eigenvalue weighted by Gasteiger charge is -2.26. The van der Waals surface area contributed by atoms with Crippen molar-refractivity contribution in [1.82, 2.24) is 16.0 Å². The molecular weight excluding hydrogens is 422 g/mol. The number of hydrogen-bond acceptors (Lipinski definition) is 7. The number of thiol groups is 1. The highest BCUT2D eigenvalue weighted by Crippen LogP contribution is 2.08. The normalized spacial score (nSPS) is 15.1. The van der Waals surface area contributed by atoms with Gasteiger partial charge in [-0.1, -0.05) is 27.7 Å². The van der Waals surface area contributed by atoms with Gasteiger partial charge in [-0.25, -0.2) is 4.79 Å². The van der Waals surface area contributed by atoms with Crippen molar-refractivity contribution in [1.29, 1.82) is 0 Å². The molecule has 4 atom stereocenters. The van der Waals surface area contributed by atoms with Gasteiger partial charge < -0.3 is 32.5 Å². The summed E-state index contributed by atoms with van der Waals surface area (Å²) in [6.07, 6.45) is 1.76. The number of rotatable bonds is 15. The minimum atomic E-state index is -1.16. The molecule has 0 heterocycles. The van der Waals surface area contributed by atoms with Crippen LogP contribution in [0.1, 0.15) is 53.4 Å². The van der Waals surface area contributed by atoms with Crippen molar-refractivity contribution in [2.75, 3.05) is 12.3 Å². The summed E-state index contributed by atoms with van der Waals surface area (Å²) in [7, 11) is 0. The van der Waals surface area contributed by atoms with Gasteiger partial charge >= 0.3 is 5.97 Å². The van der Waals surface area contributed by atoms with Crippen LogP contribution in [-0.4, -0.2) is 65.3 Å². The maximum absolute atomic E-state index is 12.8. The molecule has 0 rings (SSSR count). The average molecular weight is 462 g/mol. The first-order valence-electron chi connectivity index (χ1n) is 10.6. The van der Waals surface area contributed by atoms with Gasteiger partial charge in [0.25, 0.3) is 0 Å². The summed E-state index contributed by atoms with van der Waals surface area (Å²) < 4.78 is 0. The summed E-state index contributed by atoms with van der Waals surface area (Å²) in [4.78, 5) is 49.1. The Kier molecular flexibility index (Phi) is 14.1. The van der Waals surface area contributed by atoms with E-state index >= 15 is 0 Å². The van der Waals surface area contributed by atoms with Crippen LogP contribution in [-0.2, 0) is 19.2 Å². The molecule has 4 unspecified atom stereocenters. The molecular formula is C20H39N5O5S. The summed E-state index contributed by atoms with van der Waals surface area (Å²) in [6.45, 7) is 7.83. The van der Waals surface area contributed by atoms with Crippen molar-refractivity contribution in [2.24, 2.45) is 23.3 Å². The third-order valence-corrected chi connectivity index (χ3v) is 5.10. The van der Waals surface area contributed by atoms with E-state index in [-0.39, 0.29) is 24.0 Å². The van der Waals surface area contributed by atoms with E-state index in [0.717, 1.165) is 0 Å². The van der Waals surface area contributed by atoms with E-state index in [1.54, 1.807) is 13.8 Å². The SMILES string of the molecule is CC(C)CC(NC(=O)C(N)C(C)C)C(=O)NC(CS)C(=O)NC(CCCCN)C(=O)O. The second-order valence-electron chi connectivity index (χ2n) is 8.39. The second kappa shape index (κ2) is 15.0. The van der Waals surface area contributed by atoms with Crippen molar-refractivity contribution in [3.63, 3.8) is 0 Å². The lowest BCUT2D eigenvalue weighted by molar-refractivity contribution is -0.142. The Morgan fingerprint density at radius 3 is 1.84 bits per heavy atom. The predicted octanol–water partition coefficient (Wildman–Crippen LogP) is -0.386. The summed E-state index contributed by atoms with van der Waals surface area (Å²) in [5, 5.41) is 17.0. The van der Waals surface area contributed by atoms with Gasteiger partial charge in [0.15, 0.2) is 0 Å². The molecule has 3 amide bonds. The minimum Gasteiger partial charge on any atom is -0.480 e. The van der Waals surface area contributed by atoms with Gasteiger partial charge in [-0.3, -0.25) is 14.4 Å². The summed E-state index contributed by atoms with van der Waals surface area (Å²) in [5.74, 6) is -2.88. The molecule has 0 aromatic heterocycles. The number of amides is 3. The zero-order chi connectivity index (χ0) is 24.1. The Bertz CT molecular complexity index is 603. The van der Waals surface area contributed by atoms with Crippen LogP contribution in [0.15, 0.2) is 0 Å². The summed E-state index contributed by atoms with van der Waals surface area (Å²) in [5.41, 5.74) is 11.3. The Hall–Kier alpha value is -1.85. The number of carboxylic acid groups (broad SMARTS) is 1. The molecule has 0 saturated heterocycles. The average Bonchev–Trinajstić information content (AvgIpc) is 2.69. The van der Waals surface area contributed by atoms with E-state index in [1.807, 2.05) is 13.8 Å². The highest BCUT2D eigenvalue weighted by Gasteiger charge is 2.30. The van der Waals surface area contributed by atoms with Gasteiger partial charge in [-0.15, -0.1) is 0 Å². The largest absolute Gasteiger partial charge is 0.480 e. The van der Waals surface area contributed by atoms with E-state index < -0.39 is 47.9 Å². The third-order valence-electron chi connectivity index (χ3n) is 4.74. The predicted molar refractivity (Wildman–Crippen MR) is 122 cm³/mol. The van der Waals surface area contributed by atoms with E-state index in [2.05, 4.69) is 28.6 Å². The molecule has 0 aromatic carbocycles. The molecule has 0 aliphatic rings. The van der Waals surface area contributed by atoms with E-state index in [1.165, 1.54) is 0 Å². The molecule has 0 spiro atoms. The standard InChI is InChI=1S/C20H39N5O5S/c1-11(2)9-14(24-19(28)16(22)12(3)4)17(26)25-15(10-31)18(27)23-13(20(29)30)7-5-6-8-21/h11-16,31H,5-10,21-22H2,1-4H3,(H,23,27)(H,24,28)(H,25,26)(H,29,30). The molecule has 0 aliphatic heterocycles. The Balaban J connectivity index is 5.18. The van der Waals surface area contributed by atoms with Crippen LogP contribution in [0, 0.1) is 11.8 Å². The number of carbonyl (C=O) groups is 4. The quantitative estimate of drug-likeness (QED) is 0.128. The van der Waals surface area contributed by atoms with Crippen LogP contribution in [0.3, 0.4) is 0 Å². The number of nitrogens with two attached hydrogens (primary N) is 2. The topological polar surface area (TPSA) is 177 Å². The monoisotopic (exact) mass is 461 g/mol. The van der Waals surface area contributed by atoms with Crippen molar-refractivity contribution >= 4 is 36.3 Å². The molecule has 0 saturated carbocycles. The van der Waals surface area contributed by atoms with Gasteiger partial charge in [-0.05, 0) is 44.1 Å². The van der Waals surface area contributed by atoms with Gasteiger partial charge in [-0.2, -0.15) is 12.6 Å². The summed E-state index contributed by atoms with van der Waals surface area (Å²) in [6, 6.07) is -3.80. The van der Waals surface area contributed by atoms with Gasteiger partial charge in [0, 0.05) is 5.75 Å². The molecule has 31 heavy (non-hydrogen) atoms. The van der Waals surface area contributed by atoms with Crippen LogP contribution >= 0.6 is 12.6 Å². The van der Waals surface area contributed by atoms with E-state index in [0.29, 0.717) is 25.8 Å². The fourth-order valence-corrected chi connectivity index (χ4v) is 3.02. The molecule has 10 nitrogen and oxygen atoms in total. The second-order valence-corrected chi connectivity index (χ2v) is 8.75. The molecule has 0 aliphatic carbocycles. The minimum absolute atomic E-state index is 0.0411. The number of carboxylic acids is 1.